The van der Waals surface area contributed by atoms with Gasteiger partial charge in [-0.25, -0.2) is 8.78 Å². The van der Waals surface area contributed by atoms with Crippen LogP contribution in [0.25, 0.3) is 0 Å². The zero-order valence-electron chi connectivity index (χ0n) is 10.7. The molecular weight excluding hydrogens is 236 g/mol. The van der Waals surface area contributed by atoms with Gasteiger partial charge in [-0.2, -0.15) is 0 Å². The molecule has 2 rings (SSSR count). The number of halogens is 2. The highest BCUT2D eigenvalue weighted by Crippen LogP contribution is 2.24. The summed E-state index contributed by atoms with van der Waals surface area (Å²) < 4.78 is 32.2. The standard InChI is InChI=1S/C14H19F2NO/c1-9-3-6-14(18-9)13(17-2)7-10-4-5-11(15)8-12(10)16/h4-5,8-9,13-14,17H,3,6-7H2,1-2H3. The monoisotopic (exact) mass is 255 g/mol. The van der Waals surface area contributed by atoms with Crippen LogP contribution < -0.4 is 5.32 Å². The van der Waals surface area contributed by atoms with E-state index in [0.29, 0.717) is 12.0 Å². The van der Waals surface area contributed by atoms with E-state index in [1.54, 1.807) is 0 Å². The van der Waals surface area contributed by atoms with Crippen molar-refractivity contribution in [3.05, 3.63) is 35.4 Å². The molecule has 2 nitrogen and oxygen atoms in total. The lowest BCUT2D eigenvalue weighted by atomic mass is 9.99. The fourth-order valence-electron chi connectivity index (χ4n) is 2.47. The Labute approximate surface area is 106 Å². The van der Waals surface area contributed by atoms with Crippen LogP contribution in [0.3, 0.4) is 0 Å². The van der Waals surface area contributed by atoms with Crippen molar-refractivity contribution >= 4 is 0 Å². The fraction of sp³-hybridized carbons (Fsp3) is 0.571. The Kier molecular flexibility index (Phi) is 4.30. The largest absolute Gasteiger partial charge is 0.374 e. The molecule has 3 unspecified atom stereocenters. The SMILES string of the molecule is CNC(Cc1ccc(F)cc1F)C1CCC(C)O1. The molecule has 1 aliphatic rings. The lowest BCUT2D eigenvalue weighted by molar-refractivity contribution is 0.0336. The minimum Gasteiger partial charge on any atom is -0.374 e. The van der Waals surface area contributed by atoms with Crippen LogP contribution in [0.4, 0.5) is 8.78 Å². The van der Waals surface area contributed by atoms with E-state index in [4.69, 9.17) is 4.74 Å². The van der Waals surface area contributed by atoms with Gasteiger partial charge < -0.3 is 10.1 Å². The molecule has 0 spiro atoms. The molecule has 1 aromatic carbocycles. The Bertz CT molecular complexity index is 411. The number of likely N-dealkylation sites (N-methyl/N-ethyl adjacent to an activating group) is 1. The van der Waals surface area contributed by atoms with Gasteiger partial charge in [-0.3, -0.25) is 0 Å². The predicted molar refractivity (Wildman–Crippen MR) is 66.5 cm³/mol. The molecule has 1 N–H and O–H groups in total. The van der Waals surface area contributed by atoms with Gasteiger partial charge in [0.2, 0.25) is 0 Å². The van der Waals surface area contributed by atoms with Crippen molar-refractivity contribution in [2.75, 3.05) is 7.05 Å². The summed E-state index contributed by atoms with van der Waals surface area (Å²) in [5.74, 6) is -1.02. The zero-order valence-corrected chi connectivity index (χ0v) is 10.7. The average molecular weight is 255 g/mol. The minimum absolute atomic E-state index is 0.0647. The molecule has 0 bridgehead atoms. The van der Waals surface area contributed by atoms with Gasteiger partial charge in [0, 0.05) is 12.1 Å². The summed E-state index contributed by atoms with van der Waals surface area (Å²) >= 11 is 0. The number of ether oxygens (including phenoxy) is 1. The molecule has 3 atom stereocenters. The highest BCUT2D eigenvalue weighted by Gasteiger charge is 2.29. The molecular formula is C14H19F2NO. The summed E-state index contributed by atoms with van der Waals surface area (Å²) in [4.78, 5) is 0. The van der Waals surface area contributed by atoms with Crippen molar-refractivity contribution in [3.8, 4) is 0 Å². The summed E-state index contributed by atoms with van der Waals surface area (Å²) in [6, 6.07) is 3.80. The molecule has 1 fully saturated rings. The maximum atomic E-state index is 13.6. The number of hydrogen-bond donors (Lipinski definition) is 1. The molecule has 0 aliphatic carbocycles. The maximum Gasteiger partial charge on any atom is 0.129 e. The lowest BCUT2D eigenvalue weighted by Gasteiger charge is -2.23. The predicted octanol–water partition coefficient (Wildman–Crippen LogP) is 2.66. The first-order chi connectivity index (χ1) is 8.60. The maximum absolute atomic E-state index is 13.6. The highest BCUT2D eigenvalue weighted by atomic mass is 19.1. The summed E-state index contributed by atoms with van der Waals surface area (Å²) in [6.45, 7) is 2.05. The van der Waals surface area contributed by atoms with Gasteiger partial charge in [-0.05, 0) is 44.9 Å². The van der Waals surface area contributed by atoms with Crippen molar-refractivity contribution in [2.45, 2.75) is 44.4 Å². The van der Waals surface area contributed by atoms with Crippen LogP contribution in [0, 0.1) is 11.6 Å². The van der Waals surface area contributed by atoms with Crippen LogP contribution in [0.15, 0.2) is 18.2 Å². The second-order valence-corrected chi connectivity index (χ2v) is 4.90. The van der Waals surface area contributed by atoms with E-state index in [1.807, 2.05) is 14.0 Å². The Morgan fingerprint density at radius 1 is 1.39 bits per heavy atom. The quantitative estimate of drug-likeness (QED) is 0.893. The molecule has 1 aliphatic heterocycles. The normalized spacial score (nSPS) is 25.3. The molecule has 100 valence electrons. The summed E-state index contributed by atoms with van der Waals surface area (Å²) in [6.07, 6.45) is 2.91. The Morgan fingerprint density at radius 3 is 2.72 bits per heavy atom. The summed E-state index contributed by atoms with van der Waals surface area (Å²) in [5, 5.41) is 3.17. The third-order valence-corrected chi connectivity index (χ3v) is 3.54. The van der Waals surface area contributed by atoms with E-state index in [9.17, 15) is 8.78 Å². The first-order valence-corrected chi connectivity index (χ1v) is 6.37. The smallest absolute Gasteiger partial charge is 0.129 e. The Balaban J connectivity index is 2.05. The summed E-state index contributed by atoms with van der Waals surface area (Å²) in [5.41, 5.74) is 0.527. The van der Waals surface area contributed by atoms with E-state index >= 15 is 0 Å². The van der Waals surface area contributed by atoms with Crippen LogP contribution in [0.1, 0.15) is 25.3 Å². The third-order valence-electron chi connectivity index (χ3n) is 3.54. The van der Waals surface area contributed by atoms with E-state index in [0.717, 1.165) is 18.9 Å². The fourth-order valence-corrected chi connectivity index (χ4v) is 2.47. The van der Waals surface area contributed by atoms with Gasteiger partial charge in [-0.1, -0.05) is 6.07 Å². The van der Waals surface area contributed by atoms with Gasteiger partial charge in [0.05, 0.1) is 12.2 Å². The molecule has 0 radical (unpaired) electrons. The van der Waals surface area contributed by atoms with Crippen molar-refractivity contribution in [2.24, 2.45) is 0 Å². The first-order valence-electron chi connectivity index (χ1n) is 6.37. The van der Waals surface area contributed by atoms with Gasteiger partial charge in [0.15, 0.2) is 0 Å². The van der Waals surface area contributed by atoms with E-state index in [-0.39, 0.29) is 18.2 Å². The molecule has 18 heavy (non-hydrogen) atoms. The van der Waals surface area contributed by atoms with Gasteiger partial charge in [-0.15, -0.1) is 0 Å². The average Bonchev–Trinajstić information content (AvgIpc) is 2.75. The van der Waals surface area contributed by atoms with Gasteiger partial charge in [0.1, 0.15) is 11.6 Å². The van der Waals surface area contributed by atoms with Crippen LogP contribution in [0.2, 0.25) is 0 Å². The second-order valence-electron chi connectivity index (χ2n) is 4.90. The molecule has 4 heteroatoms. The molecule has 1 saturated heterocycles. The molecule has 0 amide bonds. The molecule has 0 aromatic heterocycles. The number of benzene rings is 1. The van der Waals surface area contributed by atoms with Crippen LogP contribution in [0.5, 0.6) is 0 Å². The Hall–Kier alpha value is -1.00. The molecule has 1 heterocycles. The number of rotatable bonds is 4. The van der Waals surface area contributed by atoms with E-state index in [2.05, 4.69) is 5.32 Å². The van der Waals surface area contributed by atoms with Crippen molar-refractivity contribution in [3.63, 3.8) is 0 Å². The zero-order chi connectivity index (χ0) is 13.1. The van der Waals surface area contributed by atoms with Gasteiger partial charge >= 0.3 is 0 Å². The van der Waals surface area contributed by atoms with E-state index in [1.165, 1.54) is 12.1 Å². The van der Waals surface area contributed by atoms with Crippen molar-refractivity contribution in [1.82, 2.24) is 5.32 Å². The number of nitrogens with one attached hydrogen (secondary N) is 1. The van der Waals surface area contributed by atoms with Crippen molar-refractivity contribution in [1.29, 1.82) is 0 Å². The summed E-state index contributed by atoms with van der Waals surface area (Å²) in [7, 11) is 1.85. The van der Waals surface area contributed by atoms with Crippen LogP contribution in [-0.2, 0) is 11.2 Å². The third kappa shape index (κ3) is 3.06. The second kappa shape index (κ2) is 5.76. The van der Waals surface area contributed by atoms with Crippen LogP contribution >= 0.6 is 0 Å². The van der Waals surface area contributed by atoms with E-state index < -0.39 is 11.6 Å². The van der Waals surface area contributed by atoms with Gasteiger partial charge in [0.25, 0.3) is 0 Å². The Morgan fingerprint density at radius 2 is 2.17 bits per heavy atom. The molecule has 1 aromatic rings. The molecule has 0 saturated carbocycles. The lowest BCUT2D eigenvalue weighted by Crippen LogP contribution is -2.39. The first kappa shape index (κ1) is 13.4. The number of hydrogen-bond acceptors (Lipinski definition) is 2. The minimum atomic E-state index is -0.539. The van der Waals surface area contributed by atoms with Crippen molar-refractivity contribution < 1.29 is 13.5 Å². The van der Waals surface area contributed by atoms with Crippen LogP contribution in [-0.4, -0.2) is 25.3 Å². The topological polar surface area (TPSA) is 21.3 Å². The highest BCUT2D eigenvalue weighted by molar-refractivity contribution is 5.20.